The van der Waals surface area contributed by atoms with Crippen LogP contribution >= 0.6 is 0 Å². The van der Waals surface area contributed by atoms with Crippen LogP contribution in [0.15, 0.2) is 24.3 Å². The maximum Gasteiger partial charge on any atom is 0.270 e. The first-order valence-corrected chi connectivity index (χ1v) is 8.23. The minimum absolute atomic E-state index is 0.120. The van der Waals surface area contributed by atoms with Crippen LogP contribution in [0.25, 0.3) is 10.9 Å². The van der Waals surface area contributed by atoms with E-state index in [1.807, 2.05) is 13.8 Å². The summed E-state index contributed by atoms with van der Waals surface area (Å²) in [6.07, 6.45) is 0. The second kappa shape index (κ2) is 6.00. The van der Waals surface area contributed by atoms with Crippen LogP contribution in [0.1, 0.15) is 33.5 Å². The molecule has 7 heteroatoms. The number of H-pyrrole nitrogens is 2. The highest BCUT2D eigenvalue weighted by Crippen LogP contribution is 2.30. The molecular weight excluding hydrogens is 323 g/mol. The zero-order valence-electron chi connectivity index (χ0n) is 14.1. The Kier molecular flexibility index (Phi) is 3.80. The summed E-state index contributed by atoms with van der Waals surface area (Å²) >= 11 is 0. The predicted octanol–water partition coefficient (Wildman–Crippen LogP) is 2.86. The van der Waals surface area contributed by atoms with Gasteiger partial charge in [-0.2, -0.15) is 5.10 Å². The molecule has 0 saturated carbocycles. The number of rotatable bonds is 2. The first-order valence-electron chi connectivity index (χ1n) is 8.23. The fourth-order valence-corrected chi connectivity index (χ4v) is 3.51. The molecule has 6 nitrogen and oxygen atoms in total. The monoisotopic (exact) mass is 342 g/mol. The van der Waals surface area contributed by atoms with Crippen molar-refractivity contribution in [1.82, 2.24) is 20.1 Å². The summed E-state index contributed by atoms with van der Waals surface area (Å²) in [5.41, 5.74) is 3.99. The lowest BCUT2D eigenvalue weighted by molar-refractivity contribution is -0.00327. The molecular formula is C18H19FN4O2. The van der Waals surface area contributed by atoms with Gasteiger partial charge in [0.05, 0.1) is 24.9 Å². The molecule has 4 rings (SSSR count). The van der Waals surface area contributed by atoms with Crippen LogP contribution in [0, 0.1) is 19.7 Å². The van der Waals surface area contributed by atoms with E-state index in [-0.39, 0.29) is 17.8 Å². The minimum atomic E-state index is -0.320. The molecule has 1 aromatic carbocycles. The molecule has 3 aromatic rings. The number of aromatic amines is 2. The van der Waals surface area contributed by atoms with Gasteiger partial charge in [0.2, 0.25) is 0 Å². The molecule has 0 bridgehead atoms. The van der Waals surface area contributed by atoms with Crippen LogP contribution in [-0.2, 0) is 4.74 Å². The van der Waals surface area contributed by atoms with E-state index in [9.17, 15) is 9.18 Å². The lowest BCUT2D eigenvalue weighted by atomic mass is 10.0. The van der Waals surface area contributed by atoms with Crippen molar-refractivity contribution in [3.8, 4) is 0 Å². The zero-order chi connectivity index (χ0) is 17.6. The molecule has 0 aliphatic carbocycles. The van der Waals surface area contributed by atoms with Crippen molar-refractivity contribution in [2.75, 3.05) is 19.8 Å². The van der Waals surface area contributed by atoms with Crippen molar-refractivity contribution in [3.05, 3.63) is 52.7 Å². The number of carbonyl (C=O) groups excluding carboxylic acids is 1. The number of aryl methyl sites for hydroxylation is 2. The number of hydrogen-bond donors (Lipinski definition) is 2. The predicted molar refractivity (Wildman–Crippen MR) is 90.9 cm³/mol. The lowest BCUT2D eigenvalue weighted by Gasteiger charge is -2.35. The maximum absolute atomic E-state index is 13.4. The first-order chi connectivity index (χ1) is 12.0. The van der Waals surface area contributed by atoms with Crippen molar-refractivity contribution >= 4 is 16.8 Å². The Balaban J connectivity index is 1.71. The van der Waals surface area contributed by atoms with Gasteiger partial charge in [-0.15, -0.1) is 0 Å². The van der Waals surface area contributed by atoms with Gasteiger partial charge in [-0.25, -0.2) is 4.39 Å². The van der Waals surface area contributed by atoms with Gasteiger partial charge in [0, 0.05) is 28.7 Å². The molecule has 25 heavy (non-hydrogen) atoms. The summed E-state index contributed by atoms with van der Waals surface area (Å²) in [4.78, 5) is 18.0. The van der Waals surface area contributed by atoms with E-state index in [1.54, 1.807) is 17.0 Å². The number of morpholine rings is 1. The minimum Gasteiger partial charge on any atom is -0.377 e. The molecule has 1 unspecified atom stereocenters. The fourth-order valence-electron chi connectivity index (χ4n) is 3.51. The van der Waals surface area contributed by atoms with Crippen LogP contribution in [0.5, 0.6) is 0 Å². The lowest BCUT2D eigenvalue weighted by Crippen LogP contribution is -2.43. The van der Waals surface area contributed by atoms with E-state index in [0.29, 0.717) is 30.8 Å². The van der Waals surface area contributed by atoms with E-state index in [1.165, 1.54) is 12.1 Å². The number of halogens is 1. The van der Waals surface area contributed by atoms with Crippen molar-refractivity contribution in [1.29, 1.82) is 0 Å². The maximum atomic E-state index is 13.4. The molecule has 1 fully saturated rings. The summed E-state index contributed by atoms with van der Waals surface area (Å²) in [6, 6.07) is 5.94. The van der Waals surface area contributed by atoms with Gasteiger partial charge in [0.15, 0.2) is 0 Å². The Hall–Kier alpha value is -2.67. The second-order valence-electron chi connectivity index (χ2n) is 6.35. The van der Waals surface area contributed by atoms with E-state index < -0.39 is 0 Å². The molecule has 2 aromatic heterocycles. The number of carbonyl (C=O) groups is 1. The van der Waals surface area contributed by atoms with Crippen molar-refractivity contribution in [2.45, 2.75) is 19.9 Å². The molecule has 0 radical (unpaired) electrons. The highest BCUT2D eigenvalue weighted by Gasteiger charge is 2.33. The summed E-state index contributed by atoms with van der Waals surface area (Å²) in [5.74, 6) is -0.440. The van der Waals surface area contributed by atoms with E-state index in [2.05, 4.69) is 15.2 Å². The van der Waals surface area contributed by atoms with E-state index >= 15 is 0 Å². The van der Waals surface area contributed by atoms with Crippen molar-refractivity contribution in [2.24, 2.45) is 0 Å². The molecule has 1 atom stereocenters. The highest BCUT2D eigenvalue weighted by atomic mass is 19.1. The number of hydrogen-bond acceptors (Lipinski definition) is 3. The highest BCUT2D eigenvalue weighted by molar-refractivity contribution is 5.98. The number of fused-ring (bicyclic) bond motifs is 1. The van der Waals surface area contributed by atoms with Crippen LogP contribution < -0.4 is 0 Å². The van der Waals surface area contributed by atoms with Gasteiger partial charge in [-0.05, 0) is 38.1 Å². The Bertz CT molecular complexity index is 926. The largest absolute Gasteiger partial charge is 0.377 e. The number of aromatic nitrogens is 3. The topological polar surface area (TPSA) is 74.0 Å². The third-order valence-corrected chi connectivity index (χ3v) is 4.72. The molecule has 1 aliphatic rings. The van der Waals surface area contributed by atoms with Gasteiger partial charge < -0.3 is 14.6 Å². The SMILES string of the molecule is Cc1n[nH]c(C)c1C1COCCN1C(=O)c1cc2cc(F)ccc2[nH]1. The Morgan fingerprint density at radius 1 is 1.36 bits per heavy atom. The normalized spacial score (nSPS) is 18.0. The Morgan fingerprint density at radius 2 is 2.20 bits per heavy atom. The van der Waals surface area contributed by atoms with Crippen LogP contribution in [0.3, 0.4) is 0 Å². The van der Waals surface area contributed by atoms with Gasteiger partial charge in [0.25, 0.3) is 5.91 Å². The van der Waals surface area contributed by atoms with Gasteiger partial charge in [0.1, 0.15) is 11.5 Å². The molecule has 0 spiro atoms. The molecule has 130 valence electrons. The number of ether oxygens (including phenoxy) is 1. The van der Waals surface area contributed by atoms with E-state index in [0.717, 1.165) is 22.5 Å². The standard InChI is InChI=1S/C18H19FN4O2/c1-10-17(11(2)22-21-10)16-9-25-6-5-23(16)18(24)15-8-12-7-13(19)3-4-14(12)20-15/h3-4,7-8,16,20H,5-6,9H2,1-2H3,(H,21,22). The van der Waals surface area contributed by atoms with Crippen molar-refractivity contribution in [3.63, 3.8) is 0 Å². The number of nitrogens with zero attached hydrogens (tertiary/aromatic N) is 2. The second-order valence-corrected chi connectivity index (χ2v) is 6.35. The quantitative estimate of drug-likeness (QED) is 0.752. The van der Waals surface area contributed by atoms with Crippen LogP contribution in [0.4, 0.5) is 4.39 Å². The summed E-state index contributed by atoms with van der Waals surface area (Å²) in [7, 11) is 0. The van der Waals surface area contributed by atoms with Crippen molar-refractivity contribution < 1.29 is 13.9 Å². The van der Waals surface area contributed by atoms with Crippen LogP contribution in [0.2, 0.25) is 0 Å². The summed E-state index contributed by atoms with van der Waals surface area (Å²) in [6.45, 7) is 5.28. The summed E-state index contributed by atoms with van der Waals surface area (Å²) in [5, 5.41) is 7.89. The number of amides is 1. The molecule has 3 heterocycles. The Labute approximate surface area is 144 Å². The number of benzene rings is 1. The third kappa shape index (κ3) is 2.70. The molecule has 1 aliphatic heterocycles. The fraction of sp³-hybridized carbons (Fsp3) is 0.333. The smallest absolute Gasteiger partial charge is 0.270 e. The zero-order valence-corrected chi connectivity index (χ0v) is 14.1. The summed E-state index contributed by atoms with van der Waals surface area (Å²) < 4.78 is 19.0. The average Bonchev–Trinajstić information content (AvgIpc) is 3.17. The van der Waals surface area contributed by atoms with Gasteiger partial charge in [-0.1, -0.05) is 0 Å². The Morgan fingerprint density at radius 3 is 2.96 bits per heavy atom. The molecule has 2 N–H and O–H groups in total. The molecule has 1 amide bonds. The van der Waals surface area contributed by atoms with E-state index in [4.69, 9.17) is 4.74 Å². The molecule has 1 saturated heterocycles. The first kappa shape index (κ1) is 15.8. The van der Waals surface area contributed by atoms with Crippen LogP contribution in [-0.4, -0.2) is 45.7 Å². The van der Waals surface area contributed by atoms with Gasteiger partial charge >= 0.3 is 0 Å². The number of nitrogens with one attached hydrogen (secondary N) is 2. The third-order valence-electron chi connectivity index (χ3n) is 4.72. The average molecular weight is 342 g/mol. The van der Waals surface area contributed by atoms with Gasteiger partial charge in [-0.3, -0.25) is 9.89 Å².